The lowest BCUT2D eigenvalue weighted by atomic mass is 10.2. The van der Waals surface area contributed by atoms with Crippen LogP contribution in [0.5, 0.6) is 0 Å². The predicted molar refractivity (Wildman–Crippen MR) is 46.5 cm³/mol. The second-order valence-electron chi connectivity index (χ2n) is 2.65. The average molecular weight is 187 g/mol. The van der Waals surface area contributed by atoms with Crippen molar-refractivity contribution in [2.45, 2.75) is 13.0 Å². The molecule has 4 heteroatoms. The molecule has 2 N–H and O–H groups in total. The van der Waals surface area contributed by atoms with E-state index in [0.717, 1.165) is 5.56 Å². The Hall–Kier alpha value is -1.16. The van der Waals surface area contributed by atoms with Crippen molar-refractivity contribution < 1.29 is 13.5 Å². The Kier molecular flexibility index (Phi) is 3.64. The molecule has 0 bridgehead atoms. The second kappa shape index (κ2) is 4.77. The number of ether oxygens (including phenoxy) is 1. The topological polar surface area (TPSA) is 35.2 Å². The van der Waals surface area contributed by atoms with E-state index < -0.39 is 13.0 Å². The molecule has 72 valence electrons. The number of nitrogens with two attached hydrogens (primary N) is 1. The normalized spacial score (nSPS) is 10.7. The third-order valence-corrected chi connectivity index (χ3v) is 1.49. The van der Waals surface area contributed by atoms with Crippen LogP contribution in [0.15, 0.2) is 24.3 Å². The molecule has 0 aromatic heterocycles. The van der Waals surface area contributed by atoms with E-state index in [0.29, 0.717) is 5.69 Å². The van der Waals surface area contributed by atoms with Crippen LogP contribution in [0.2, 0.25) is 0 Å². The highest BCUT2D eigenvalue weighted by atomic mass is 19.3. The highest BCUT2D eigenvalue weighted by molar-refractivity contribution is 5.39. The number of hydrogen-bond acceptors (Lipinski definition) is 2. The second-order valence-corrected chi connectivity index (χ2v) is 2.65. The Morgan fingerprint density at radius 3 is 2.38 bits per heavy atom. The molecule has 0 aliphatic carbocycles. The van der Waals surface area contributed by atoms with Crippen LogP contribution >= 0.6 is 0 Å². The van der Waals surface area contributed by atoms with E-state index in [1.807, 2.05) is 0 Å². The molecule has 1 rings (SSSR count). The van der Waals surface area contributed by atoms with E-state index in [1.165, 1.54) is 0 Å². The van der Waals surface area contributed by atoms with Crippen LogP contribution in [-0.2, 0) is 11.3 Å². The highest BCUT2D eigenvalue weighted by Gasteiger charge is 2.01. The summed E-state index contributed by atoms with van der Waals surface area (Å²) in [5.74, 6) is 0. The Labute approximate surface area is 75.3 Å². The van der Waals surface area contributed by atoms with Crippen LogP contribution in [0.3, 0.4) is 0 Å². The molecule has 0 radical (unpaired) electrons. The fourth-order valence-electron chi connectivity index (χ4n) is 0.880. The largest absolute Gasteiger partial charge is 0.399 e. The van der Waals surface area contributed by atoms with Crippen LogP contribution in [0.4, 0.5) is 14.5 Å². The maximum absolute atomic E-state index is 11.7. The van der Waals surface area contributed by atoms with Crippen LogP contribution in [-0.4, -0.2) is 13.0 Å². The van der Waals surface area contributed by atoms with Gasteiger partial charge in [0.05, 0.1) is 6.61 Å². The van der Waals surface area contributed by atoms with Crippen molar-refractivity contribution in [3.8, 4) is 0 Å². The van der Waals surface area contributed by atoms with Gasteiger partial charge in [0.15, 0.2) is 0 Å². The lowest BCUT2D eigenvalue weighted by Crippen LogP contribution is -2.04. The van der Waals surface area contributed by atoms with Crippen molar-refractivity contribution in [1.29, 1.82) is 0 Å². The van der Waals surface area contributed by atoms with Crippen LogP contribution in [0.25, 0.3) is 0 Å². The maximum atomic E-state index is 11.7. The first-order valence-corrected chi connectivity index (χ1v) is 3.89. The van der Waals surface area contributed by atoms with Crippen LogP contribution in [0.1, 0.15) is 5.56 Å². The fraction of sp³-hybridized carbons (Fsp3) is 0.333. The molecule has 1 aromatic rings. The molecule has 0 atom stereocenters. The molecule has 2 nitrogen and oxygen atoms in total. The maximum Gasteiger partial charge on any atom is 0.261 e. The molecule has 0 aliphatic rings. The fourth-order valence-corrected chi connectivity index (χ4v) is 0.880. The summed E-state index contributed by atoms with van der Waals surface area (Å²) >= 11 is 0. The first-order chi connectivity index (χ1) is 6.18. The molecular weight excluding hydrogens is 176 g/mol. The number of benzene rings is 1. The highest BCUT2D eigenvalue weighted by Crippen LogP contribution is 2.07. The molecule has 13 heavy (non-hydrogen) atoms. The van der Waals surface area contributed by atoms with E-state index in [-0.39, 0.29) is 6.61 Å². The van der Waals surface area contributed by atoms with Gasteiger partial charge >= 0.3 is 0 Å². The summed E-state index contributed by atoms with van der Waals surface area (Å²) in [6.07, 6.45) is -2.41. The molecule has 1 aromatic carbocycles. The van der Waals surface area contributed by atoms with Gasteiger partial charge in [-0.1, -0.05) is 12.1 Å². The summed E-state index contributed by atoms with van der Waals surface area (Å²) in [6.45, 7) is -0.324. The lowest BCUT2D eigenvalue weighted by Gasteiger charge is -2.03. The number of alkyl halides is 2. The quantitative estimate of drug-likeness (QED) is 0.732. The van der Waals surface area contributed by atoms with Gasteiger partial charge in [-0.2, -0.15) is 0 Å². The molecule has 0 unspecified atom stereocenters. The Bertz CT molecular complexity index is 248. The van der Waals surface area contributed by atoms with Crippen molar-refractivity contribution in [2.75, 3.05) is 12.3 Å². The van der Waals surface area contributed by atoms with Gasteiger partial charge in [0, 0.05) is 5.69 Å². The summed E-state index contributed by atoms with van der Waals surface area (Å²) in [5, 5.41) is 0. The molecule has 0 amide bonds. The number of rotatable bonds is 4. The van der Waals surface area contributed by atoms with E-state index in [9.17, 15) is 8.78 Å². The molecule has 0 fully saturated rings. The van der Waals surface area contributed by atoms with Gasteiger partial charge in [-0.15, -0.1) is 0 Å². The first kappa shape index (κ1) is 9.92. The van der Waals surface area contributed by atoms with E-state index >= 15 is 0 Å². The molecule has 0 saturated carbocycles. The van der Waals surface area contributed by atoms with Gasteiger partial charge in [0.2, 0.25) is 0 Å². The van der Waals surface area contributed by atoms with Crippen LogP contribution in [0, 0.1) is 0 Å². The number of hydrogen-bond donors (Lipinski definition) is 1. The van der Waals surface area contributed by atoms with Crippen molar-refractivity contribution >= 4 is 5.69 Å². The minimum atomic E-state index is -2.41. The molecular formula is C9H11F2NO. The Morgan fingerprint density at radius 2 is 1.85 bits per heavy atom. The SMILES string of the molecule is Nc1ccc(COCC(F)F)cc1. The van der Waals surface area contributed by atoms with Crippen molar-refractivity contribution in [3.05, 3.63) is 29.8 Å². The van der Waals surface area contributed by atoms with E-state index in [1.54, 1.807) is 24.3 Å². The monoisotopic (exact) mass is 187 g/mol. The van der Waals surface area contributed by atoms with Gasteiger partial charge in [0.1, 0.15) is 6.61 Å². The summed E-state index contributed by atoms with van der Waals surface area (Å²) in [6, 6.07) is 6.92. The summed E-state index contributed by atoms with van der Waals surface area (Å²) in [7, 11) is 0. The summed E-state index contributed by atoms with van der Waals surface area (Å²) < 4.78 is 28.0. The first-order valence-electron chi connectivity index (χ1n) is 3.89. The van der Waals surface area contributed by atoms with E-state index in [2.05, 4.69) is 0 Å². The zero-order chi connectivity index (χ0) is 9.68. The number of nitrogen functional groups attached to an aromatic ring is 1. The van der Waals surface area contributed by atoms with Gasteiger partial charge in [-0.25, -0.2) is 8.78 Å². The zero-order valence-electron chi connectivity index (χ0n) is 7.04. The molecule has 0 spiro atoms. The Morgan fingerprint density at radius 1 is 1.23 bits per heavy atom. The predicted octanol–water partition coefficient (Wildman–Crippen LogP) is 2.05. The number of anilines is 1. The standard InChI is InChI=1S/C9H11F2NO/c10-9(11)6-13-5-7-1-3-8(12)4-2-7/h1-4,9H,5-6,12H2. The smallest absolute Gasteiger partial charge is 0.261 e. The van der Waals surface area contributed by atoms with Gasteiger partial charge in [0.25, 0.3) is 6.43 Å². The van der Waals surface area contributed by atoms with Crippen molar-refractivity contribution in [3.63, 3.8) is 0 Å². The molecule has 0 heterocycles. The summed E-state index contributed by atoms with van der Waals surface area (Å²) in [4.78, 5) is 0. The summed E-state index contributed by atoms with van der Waals surface area (Å²) in [5.41, 5.74) is 6.94. The van der Waals surface area contributed by atoms with Gasteiger partial charge in [-0.05, 0) is 17.7 Å². The number of halogens is 2. The lowest BCUT2D eigenvalue weighted by molar-refractivity contribution is 0.00988. The van der Waals surface area contributed by atoms with Gasteiger partial charge < -0.3 is 10.5 Å². The molecule has 0 saturated heterocycles. The third-order valence-electron chi connectivity index (χ3n) is 1.49. The van der Waals surface area contributed by atoms with Crippen molar-refractivity contribution in [2.24, 2.45) is 0 Å². The van der Waals surface area contributed by atoms with Gasteiger partial charge in [-0.3, -0.25) is 0 Å². The zero-order valence-corrected chi connectivity index (χ0v) is 7.04. The third kappa shape index (κ3) is 3.85. The average Bonchev–Trinajstić information content (AvgIpc) is 2.08. The molecule has 0 aliphatic heterocycles. The van der Waals surface area contributed by atoms with Crippen molar-refractivity contribution in [1.82, 2.24) is 0 Å². The van der Waals surface area contributed by atoms with E-state index in [4.69, 9.17) is 10.5 Å². The Balaban J connectivity index is 2.33. The van der Waals surface area contributed by atoms with Crippen LogP contribution < -0.4 is 5.73 Å². The minimum Gasteiger partial charge on any atom is -0.399 e. The minimum absolute atomic E-state index is 0.199.